The highest BCUT2D eigenvalue weighted by atomic mass is 79.9. The molecule has 2 rings (SSSR count). The van der Waals surface area contributed by atoms with E-state index in [4.69, 9.17) is 11.6 Å². The molecule has 0 bridgehead atoms. The summed E-state index contributed by atoms with van der Waals surface area (Å²) in [6.45, 7) is 0. The van der Waals surface area contributed by atoms with Crippen LogP contribution in [0, 0.1) is 0 Å². The van der Waals surface area contributed by atoms with E-state index in [0.717, 1.165) is 20.3 Å². The molecular weight excluding hydrogens is 345 g/mol. The Balaban J connectivity index is 2.63. The van der Waals surface area contributed by atoms with E-state index in [1.165, 1.54) is 0 Å². The number of rotatable bonds is 2. The lowest BCUT2D eigenvalue weighted by Crippen LogP contribution is -2.02. The summed E-state index contributed by atoms with van der Waals surface area (Å²) in [5.41, 5.74) is 1.76. The summed E-state index contributed by atoms with van der Waals surface area (Å²) in [6.07, 6.45) is 1.65. The summed E-state index contributed by atoms with van der Waals surface area (Å²) in [5, 5.41) is 7.84. The van der Waals surface area contributed by atoms with Crippen molar-refractivity contribution in [2.75, 3.05) is 0 Å². The smallest absolute Gasteiger partial charge is 0.0951 e. The topological polar surface area (TPSA) is 30.7 Å². The molecule has 1 aromatic heterocycles. The molecule has 2 aromatic rings. The Morgan fingerprint density at radius 3 is 2.53 bits per heavy atom. The van der Waals surface area contributed by atoms with Gasteiger partial charge in [0.05, 0.1) is 23.5 Å². The zero-order chi connectivity index (χ0) is 10.8. The largest absolute Gasteiger partial charge is 0.214 e. The van der Waals surface area contributed by atoms with Gasteiger partial charge >= 0.3 is 0 Å². The number of alkyl halides is 1. The zero-order valence-corrected chi connectivity index (χ0v) is 11.4. The van der Waals surface area contributed by atoms with Crippen molar-refractivity contribution in [3.05, 3.63) is 39.0 Å². The average molecular weight is 351 g/mol. The van der Waals surface area contributed by atoms with Crippen LogP contribution in [-0.2, 0) is 5.88 Å². The lowest BCUT2D eigenvalue weighted by atomic mass is 10.3. The standard InChI is InChI=1S/C9H6Br2ClN3/c10-7-2-1-3-8(11)9(7)15-6(4-12)5-13-14-15/h1-3,5H,4H2. The lowest BCUT2D eigenvalue weighted by Gasteiger charge is -2.08. The van der Waals surface area contributed by atoms with Crippen LogP contribution in [-0.4, -0.2) is 15.0 Å². The number of para-hydroxylation sites is 1. The van der Waals surface area contributed by atoms with Crippen molar-refractivity contribution in [2.24, 2.45) is 0 Å². The van der Waals surface area contributed by atoms with Crippen molar-refractivity contribution in [3.8, 4) is 5.69 Å². The fraction of sp³-hybridized carbons (Fsp3) is 0.111. The van der Waals surface area contributed by atoms with Crippen LogP contribution in [0.1, 0.15) is 5.69 Å². The van der Waals surface area contributed by atoms with Gasteiger partial charge in [0.2, 0.25) is 0 Å². The van der Waals surface area contributed by atoms with Gasteiger partial charge in [-0.1, -0.05) is 11.3 Å². The molecule has 1 aromatic carbocycles. The third-order valence-corrected chi connectivity index (χ3v) is 3.46. The molecule has 0 aliphatic rings. The minimum Gasteiger partial charge on any atom is -0.214 e. The van der Waals surface area contributed by atoms with Crippen molar-refractivity contribution < 1.29 is 0 Å². The van der Waals surface area contributed by atoms with E-state index in [9.17, 15) is 0 Å². The van der Waals surface area contributed by atoms with E-state index >= 15 is 0 Å². The van der Waals surface area contributed by atoms with Gasteiger partial charge in [0.15, 0.2) is 0 Å². The van der Waals surface area contributed by atoms with Gasteiger partial charge in [-0.3, -0.25) is 0 Å². The number of hydrogen-bond acceptors (Lipinski definition) is 2. The molecule has 0 unspecified atom stereocenters. The molecule has 0 radical (unpaired) electrons. The first-order valence-corrected chi connectivity index (χ1v) is 6.26. The van der Waals surface area contributed by atoms with E-state index in [1.54, 1.807) is 10.9 Å². The SMILES string of the molecule is ClCc1cnnn1-c1c(Br)cccc1Br. The van der Waals surface area contributed by atoms with Crippen LogP contribution >= 0.6 is 43.5 Å². The van der Waals surface area contributed by atoms with E-state index in [0.29, 0.717) is 5.88 Å². The van der Waals surface area contributed by atoms with Crippen molar-refractivity contribution in [3.63, 3.8) is 0 Å². The monoisotopic (exact) mass is 349 g/mol. The van der Waals surface area contributed by atoms with Crippen LogP contribution < -0.4 is 0 Å². The Bertz CT molecular complexity index is 464. The molecule has 3 nitrogen and oxygen atoms in total. The van der Waals surface area contributed by atoms with Crippen LogP contribution in [0.25, 0.3) is 5.69 Å². The molecular formula is C9H6Br2ClN3. The van der Waals surface area contributed by atoms with Gasteiger partial charge in [-0.25, -0.2) is 4.68 Å². The van der Waals surface area contributed by atoms with Gasteiger partial charge in [-0.05, 0) is 44.0 Å². The zero-order valence-electron chi connectivity index (χ0n) is 7.49. The number of halogens is 3. The Morgan fingerprint density at radius 2 is 1.93 bits per heavy atom. The normalized spacial score (nSPS) is 10.6. The average Bonchev–Trinajstić information content (AvgIpc) is 2.65. The summed E-state index contributed by atoms with van der Waals surface area (Å²) < 4.78 is 3.59. The van der Waals surface area contributed by atoms with Crippen LogP contribution in [0.15, 0.2) is 33.3 Å². The van der Waals surface area contributed by atoms with E-state index in [-0.39, 0.29) is 0 Å². The van der Waals surface area contributed by atoms with Crippen LogP contribution in [0.4, 0.5) is 0 Å². The van der Waals surface area contributed by atoms with Crippen LogP contribution in [0.3, 0.4) is 0 Å². The van der Waals surface area contributed by atoms with E-state index < -0.39 is 0 Å². The van der Waals surface area contributed by atoms with Gasteiger partial charge in [0.1, 0.15) is 0 Å². The first-order chi connectivity index (χ1) is 7.24. The molecule has 0 saturated carbocycles. The predicted molar refractivity (Wildman–Crippen MR) is 66.3 cm³/mol. The Morgan fingerprint density at radius 1 is 1.27 bits per heavy atom. The van der Waals surface area contributed by atoms with Crippen molar-refractivity contribution in [1.82, 2.24) is 15.0 Å². The number of nitrogens with zero attached hydrogens (tertiary/aromatic N) is 3. The molecule has 6 heteroatoms. The second-order valence-electron chi connectivity index (χ2n) is 2.84. The van der Waals surface area contributed by atoms with Gasteiger partial charge in [-0.2, -0.15) is 0 Å². The maximum Gasteiger partial charge on any atom is 0.0951 e. The molecule has 0 atom stereocenters. The van der Waals surface area contributed by atoms with Crippen molar-refractivity contribution in [2.45, 2.75) is 5.88 Å². The maximum atomic E-state index is 5.80. The summed E-state index contributed by atoms with van der Waals surface area (Å²) in [5.74, 6) is 0.376. The summed E-state index contributed by atoms with van der Waals surface area (Å²) >= 11 is 12.7. The lowest BCUT2D eigenvalue weighted by molar-refractivity contribution is 0.775. The fourth-order valence-electron chi connectivity index (χ4n) is 1.23. The number of hydrogen-bond donors (Lipinski definition) is 0. The van der Waals surface area contributed by atoms with Crippen LogP contribution in [0.2, 0.25) is 0 Å². The van der Waals surface area contributed by atoms with Gasteiger partial charge in [-0.15, -0.1) is 16.7 Å². The van der Waals surface area contributed by atoms with Crippen LogP contribution in [0.5, 0.6) is 0 Å². The molecule has 0 saturated heterocycles. The molecule has 15 heavy (non-hydrogen) atoms. The molecule has 0 N–H and O–H groups in total. The maximum absolute atomic E-state index is 5.80. The molecule has 78 valence electrons. The highest BCUT2D eigenvalue weighted by Crippen LogP contribution is 2.29. The first-order valence-electron chi connectivity index (χ1n) is 4.14. The van der Waals surface area contributed by atoms with Gasteiger partial charge in [0.25, 0.3) is 0 Å². The number of benzene rings is 1. The molecule has 0 aliphatic carbocycles. The van der Waals surface area contributed by atoms with E-state index in [1.807, 2.05) is 18.2 Å². The van der Waals surface area contributed by atoms with Gasteiger partial charge in [0, 0.05) is 8.95 Å². The minimum atomic E-state index is 0.376. The summed E-state index contributed by atoms with van der Waals surface area (Å²) in [4.78, 5) is 0. The second-order valence-corrected chi connectivity index (χ2v) is 4.82. The Kier molecular flexibility index (Phi) is 3.43. The highest BCUT2D eigenvalue weighted by Gasteiger charge is 2.11. The number of aromatic nitrogens is 3. The van der Waals surface area contributed by atoms with E-state index in [2.05, 4.69) is 42.2 Å². The minimum absolute atomic E-state index is 0.376. The fourth-order valence-corrected chi connectivity index (χ4v) is 2.74. The quantitative estimate of drug-likeness (QED) is 0.775. The third-order valence-electron chi connectivity index (χ3n) is 1.91. The molecule has 0 amide bonds. The first kappa shape index (κ1) is 11.1. The molecule has 0 aliphatic heterocycles. The van der Waals surface area contributed by atoms with Crippen molar-refractivity contribution >= 4 is 43.5 Å². The highest BCUT2D eigenvalue weighted by molar-refractivity contribution is 9.11. The molecule has 0 spiro atoms. The van der Waals surface area contributed by atoms with Crippen molar-refractivity contribution in [1.29, 1.82) is 0 Å². The molecule has 1 heterocycles. The third kappa shape index (κ3) is 2.09. The Hall–Kier alpha value is -0.390. The predicted octanol–water partition coefficient (Wildman–Crippen LogP) is 3.53. The summed E-state index contributed by atoms with van der Waals surface area (Å²) in [6, 6.07) is 5.83. The Labute approximate surface area is 109 Å². The van der Waals surface area contributed by atoms with Gasteiger partial charge < -0.3 is 0 Å². The molecule has 0 fully saturated rings. The summed E-state index contributed by atoms with van der Waals surface area (Å²) in [7, 11) is 0. The second kappa shape index (κ2) is 4.63.